The van der Waals surface area contributed by atoms with Gasteiger partial charge >= 0.3 is 0 Å². The normalized spacial score (nSPS) is 11.5. The van der Waals surface area contributed by atoms with Gasteiger partial charge in [-0.15, -0.1) is 0 Å². The number of aryl methyl sites for hydroxylation is 1. The maximum absolute atomic E-state index is 4.09. The zero-order chi connectivity index (χ0) is 14.8. The molecule has 0 saturated carbocycles. The van der Waals surface area contributed by atoms with Gasteiger partial charge in [0, 0.05) is 0 Å². The summed E-state index contributed by atoms with van der Waals surface area (Å²) in [6.07, 6.45) is 5.16. The van der Waals surface area contributed by atoms with Crippen LogP contribution in [0.5, 0.6) is 0 Å². The molecule has 108 valence electrons. The summed E-state index contributed by atoms with van der Waals surface area (Å²) in [6, 6.07) is 6.73. The monoisotopic (exact) mass is 260 g/mol. The van der Waals surface area contributed by atoms with Gasteiger partial charge in [0.15, 0.2) is 0 Å². The molecule has 0 aromatic heterocycles. The number of allylic oxidation sites excluding steroid dienone is 1. The van der Waals surface area contributed by atoms with Gasteiger partial charge in [-0.1, -0.05) is 82.9 Å². The molecule has 1 atom stereocenters. The number of hydrogen-bond donors (Lipinski definition) is 0. The van der Waals surface area contributed by atoms with Crippen molar-refractivity contribution in [3.63, 3.8) is 0 Å². The molecule has 0 amide bonds. The minimum absolute atomic E-state index is 0.773. The van der Waals surface area contributed by atoms with Gasteiger partial charge in [-0.25, -0.2) is 0 Å². The Bertz CT molecular complexity index is 374. The maximum atomic E-state index is 4.09. The molecular formula is C19H32. The molecule has 0 N–H and O–H groups in total. The first kappa shape index (κ1) is 18.0. The average molecular weight is 260 g/mol. The van der Waals surface area contributed by atoms with Gasteiger partial charge in [0.05, 0.1) is 0 Å². The van der Waals surface area contributed by atoms with Crippen molar-refractivity contribution >= 4 is 5.57 Å². The lowest BCUT2D eigenvalue weighted by Gasteiger charge is -2.15. The molecule has 0 aliphatic rings. The number of benzene rings is 1. The Balaban J connectivity index is 0.00000154. The predicted molar refractivity (Wildman–Crippen MR) is 89.6 cm³/mol. The first-order valence-corrected chi connectivity index (χ1v) is 7.80. The Labute approximate surface area is 120 Å². The van der Waals surface area contributed by atoms with E-state index in [2.05, 4.69) is 52.5 Å². The second kappa shape index (κ2) is 9.83. The SMILES string of the molecule is C=C(C)c1ccc(C)cc1CC(C)CCCC.CC. The molecule has 19 heavy (non-hydrogen) atoms. The highest BCUT2D eigenvalue weighted by atomic mass is 14.1. The van der Waals surface area contributed by atoms with Crippen molar-refractivity contribution in [3.8, 4) is 0 Å². The molecule has 0 heterocycles. The van der Waals surface area contributed by atoms with E-state index in [1.165, 1.54) is 47.9 Å². The molecule has 0 spiro atoms. The van der Waals surface area contributed by atoms with Gasteiger partial charge in [-0.3, -0.25) is 0 Å². The van der Waals surface area contributed by atoms with Crippen LogP contribution in [-0.4, -0.2) is 0 Å². The van der Waals surface area contributed by atoms with Crippen molar-refractivity contribution in [2.24, 2.45) is 5.92 Å². The molecule has 1 rings (SSSR count). The first-order valence-electron chi connectivity index (χ1n) is 7.80. The van der Waals surface area contributed by atoms with E-state index >= 15 is 0 Å². The Hall–Kier alpha value is -1.04. The molecule has 0 saturated heterocycles. The van der Waals surface area contributed by atoms with Gasteiger partial charge < -0.3 is 0 Å². The summed E-state index contributed by atoms with van der Waals surface area (Å²) in [5.41, 5.74) is 5.36. The van der Waals surface area contributed by atoms with Gasteiger partial charge in [0.1, 0.15) is 0 Å². The lowest BCUT2D eigenvalue weighted by atomic mass is 9.90. The number of hydrogen-bond acceptors (Lipinski definition) is 0. The second-order valence-corrected chi connectivity index (χ2v) is 5.39. The van der Waals surface area contributed by atoms with Gasteiger partial charge in [0.25, 0.3) is 0 Å². The molecule has 0 fully saturated rings. The third kappa shape index (κ3) is 6.61. The summed E-state index contributed by atoms with van der Waals surface area (Å²) in [6.45, 7) is 17.0. The summed E-state index contributed by atoms with van der Waals surface area (Å²) in [5, 5.41) is 0. The zero-order valence-corrected chi connectivity index (χ0v) is 13.8. The third-order valence-electron chi connectivity index (χ3n) is 3.34. The van der Waals surface area contributed by atoms with E-state index in [-0.39, 0.29) is 0 Å². The Morgan fingerprint density at radius 2 is 1.89 bits per heavy atom. The van der Waals surface area contributed by atoms with Crippen molar-refractivity contribution in [1.29, 1.82) is 0 Å². The van der Waals surface area contributed by atoms with E-state index < -0.39 is 0 Å². The highest BCUT2D eigenvalue weighted by Gasteiger charge is 2.08. The smallest absolute Gasteiger partial charge is 0.0201 e. The Morgan fingerprint density at radius 3 is 2.42 bits per heavy atom. The van der Waals surface area contributed by atoms with Crippen LogP contribution < -0.4 is 0 Å². The summed E-state index contributed by atoms with van der Waals surface area (Å²) in [7, 11) is 0. The van der Waals surface area contributed by atoms with E-state index in [9.17, 15) is 0 Å². The van der Waals surface area contributed by atoms with Crippen LogP contribution in [0.2, 0.25) is 0 Å². The van der Waals surface area contributed by atoms with Crippen LogP contribution in [0.15, 0.2) is 24.8 Å². The van der Waals surface area contributed by atoms with Crippen LogP contribution in [0, 0.1) is 12.8 Å². The maximum Gasteiger partial charge on any atom is -0.0201 e. The van der Waals surface area contributed by atoms with Crippen molar-refractivity contribution in [2.75, 3.05) is 0 Å². The average Bonchev–Trinajstić information content (AvgIpc) is 2.38. The molecule has 1 unspecified atom stereocenters. The van der Waals surface area contributed by atoms with E-state index in [0.717, 1.165) is 5.92 Å². The Morgan fingerprint density at radius 1 is 1.26 bits per heavy atom. The lowest BCUT2D eigenvalue weighted by molar-refractivity contribution is 0.503. The van der Waals surface area contributed by atoms with Crippen LogP contribution in [0.25, 0.3) is 5.57 Å². The fraction of sp³-hybridized carbons (Fsp3) is 0.579. The van der Waals surface area contributed by atoms with Crippen LogP contribution in [-0.2, 0) is 6.42 Å². The molecule has 1 aromatic carbocycles. The number of rotatable bonds is 6. The molecule has 0 bridgehead atoms. The molecule has 1 aromatic rings. The van der Waals surface area contributed by atoms with Crippen LogP contribution in [0.1, 0.15) is 70.6 Å². The molecule has 0 heteroatoms. The summed E-state index contributed by atoms with van der Waals surface area (Å²) < 4.78 is 0. The topological polar surface area (TPSA) is 0 Å². The number of unbranched alkanes of at least 4 members (excludes halogenated alkanes) is 1. The van der Waals surface area contributed by atoms with Gasteiger partial charge in [-0.05, 0) is 37.3 Å². The fourth-order valence-corrected chi connectivity index (χ4v) is 2.34. The van der Waals surface area contributed by atoms with Crippen LogP contribution in [0.3, 0.4) is 0 Å². The van der Waals surface area contributed by atoms with Gasteiger partial charge in [0.2, 0.25) is 0 Å². The molecule has 0 radical (unpaired) electrons. The highest BCUT2D eigenvalue weighted by Crippen LogP contribution is 2.23. The van der Waals surface area contributed by atoms with Crippen molar-refractivity contribution < 1.29 is 0 Å². The third-order valence-corrected chi connectivity index (χ3v) is 3.34. The van der Waals surface area contributed by atoms with Gasteiger partial charge in [-0.2, -0.15) is 0 Å². The predicted octanol–water partition coefficient (Wildman–Crippen LogP) is 6.42. The molecular weight excluding hydrogens is 228 g/mol. The zero-order valence-electron chi connectivity index (χ0n) is 13.8. The quantitative estimate of drug-likeness (QED) is 0.553. The van der Waals surface area contributed by atoms with Crippen molar-refractivity contribution in [1.82, 2.24) is 0 Å². The van der Waals surface area contributed by atoms with Crippen LogP contribution in [0.4, 0.5) is 0 Å². The highest BCUT2D eigenvalue weighted by molar-refractivity contribution is 5.65. The second-order valence-electron chi connectivity index (χ2n) is 5.39. The van der Waals surface area contributed by atoms with Crippen molar-refractivity contribution in [2.45, 2.75) is 67.2 Å². The van der Waals surface area contributed by atoms with E-state index in [1.54, 1.807) is 0 Å². The first-order chi connectivity index (χ1) is 9.04. The lowest BCUT2D eigenvalue weighted by Crippen LogP contribution is -2.02. The van der Waals surface area contributed by atoms with E-state index in [0.29, 0.717) is 0 Å². The molecule has 0 aliphatic heterocycles. The standard InChI is InChI=1S/C17H26.C2H6/c1-6-7-8-14(4)11-16-12-15(5)9-10-17(16)13(2)3;1-2/h9-10,12,14H,2,6-8,11H2,1,3-5H3;1-2H3. The van der Waals surface area contributed by atoms with Crippen LogP contribution >= 0.6 is 0 Å². The summed E-state index contributed by atoms with van der Waals surface area (Å²) in [5.74, 6) is 0.773. The largest absolute Gasteiger partial charge is 0.0955 e. The molecule has 0 nitrogen and oxygen atoms in total. The minimum Gasteiger partial charge on any atom is -0.0955 e. The Kier molecular flexibility index (Phi) is 9.30. The summed E-state index contributed by atoms with van der Waals surface area (Å²) >= 11 is 0. The van der Waals surface area contributed by atoms with E-state index in [1.807, 2.05) is 13.8 Å². The summed E-state index contributed by atoms with van der Waals surface area (Å²) in [4.78, 5) is 0. The van der Waals surface area contributed by atoms with E-state index in [4.69, 9.17) is 0 Å². The minimum atomic E-state index is 0.773. The van der Waals surface area contributed by atoms with Crippen molar-refractivity contribution in [3.05, 3.63) is 41.5 Å². The molecule has 0 aliphatic carbocycles. The fourth-order valence-electron chi connectivity index (χ4n) is 2.34.